The Hall–Kier alpha value is -1.39. The molecule has 0 aromatic heterocycles. The number of piperazine rings is 1. The fraction of sp³-hybridized carbons (Fsp3) is 0.500. The van der Waals surface area contributed by atoms with Gasteiger partial charge < -0.3 is 15.5 Å². The number of nitrogens with zero attached hydrogens (tertiary/aromatic N) is 1. The SMILES string of the molecule is O=C(c1ccc2c(c1)CNCC2)N1CCNCC1. The highest BCUT2D eigenvalue weighted by molar-refractivity contribution is 5.94. The zero-order valence-corrected chi connectivity index (χ0v) is 10.5. The molecule has 0 saturated carbocycles. The molecule has 96 valence electrons. The highest BCUT2D eigenvalue weighted by atomic mass is 16.2. The molecule has 1 aromatic rings. The van der Waals surface area contributed by atoms with Crippen LogP contribution in [0.25, 0.3) is 0 Å². The second kappa shape index (κ2) is 5.08. The minimum absolute atomic E-state index is 0.171. The normalized spacial score (nSPS) is 19.4. The zero-order valence-electron chi connectivity index (χ0n) is 10.5. The first-order valence-electron chi connectivity index (χ1n) is 6.67. The zero-order chi connectivity index (χ0) is 12.4. The van der Waals surface area contributed by atoms with E-state index >= 15 is 0 Å². The molecule has 3 rings (SSSR count). The maximum Gasteiger partial charge on any atom is 0.253 e. The maximum absolute atomic E-state index is 12.4. The van der Waals surface area contributed by atoms with Crippen molar-refractivity contribution < 1.29 is 4.79 Å². The fourth-order valence-corrected chi connectivity index (χ4v) is 2.66. The lowest BCUT2D eigenvalue weighted by molar-refractivity contribution is 0.0735. The Morgan fingerprint density at radius 3 is 2.72 bits per heavy atom. The molecule has 4 nitrogen and oxygen atoms in total. The van der Waals surface area contributed by atoms with Crippen molar-refractivity contribution in [1.29, 1.82) is 0 Å². The summed E-state index contributed by atoms with van der Waals surface area (Å²) in [4.78, 5) is 14.3. The molecule has 0 aliphatic carbocycles. The Labute approximate surface area is 107 Å². The van der Waals surface area contributed by atoms with Crippen LogP contribution >= 0.6 is 0 Å². The number of rotatable bonds is 1. The smallest absolute Gasteiger partial charge is 0.253 e. The molecule has 2 aliphatic heterocycles. The summed E-state index contributed by atoms with van der Waals surface area (Å²) in [6, 6.07) is 6.16. The number of hydrogen-bond donors (Lipinski definition) is 2. The van der Waals surface area contributed by atoms with Crippen LogP contribution in [0.15, 0.2) is 18.2 Å². The van der Waals surface area contributed by atoms with Crippen molar-refractivity contribution in [3.8, 4) is 0 Å². The van der Waals surface area contributed by atoms with Crippen molar-refractivity contribution in [2.45, 2.75) is 13.0 Å². The highest BCUT2D eigenvalue weighted by Gasteiger charge is 2.19. The third kappa shape index (κ3) is 2.26. The van der Waals surface area contributed by atoms with Crippen molar-refractivity contribution in [2.24, 2.45) is 0 Å². The van der Waals surface area contributed by atoms with E-state index in [1.165, 1.54) is 11.1 Å². The lowest BCUT2D eigenvalue weighted by Crippen LogP contribution is -2.46. The summed E-state index contributed by atoms with van der Waals surface area (Å²) in [7, 11) is 0. The van der Waals surface area contributed by atoms with E-state index in [9.17, 15) is 4.79 Å². The molecule has 4 heteroatoms. The monoisotopic (exact) mass is 245 g/mol. The molecule has 1 saturated heterocycles. The van der Waals surface area contributed by atoms with Crippen LogP contribution in [0, 0.1) is 0 Å². The summed E-state index contributed by atoms with van der Waals surface area (Å²) in [5.74, 6) is 0.171. The Kier molecular flexibility index (Phi) is 3.30. The largest absolute Gasteiger partial charge is 0.336 e. The van der Waals surface area contributed by atoms with Crippen molar-refractivity contribution >= 4 is 5.91 Å². The van der Waals surface area contributed by atoms with Gasteiger partial charge in [0.1, 0.15) is 0 Å². The van der Waals surface area contributed by atoms with Gasteiger partial charge in [-0.1, -0.05) is 6.07 Å². The van der Waals surface area contributed by atoms with Gasteiger partial charge in [-0.2, -0.15) is 0 Å². The van der Waals surface area contributed by atoms with E-state index in [1.807, 2.05) is 11.0 Å². The van der Waals surface area contributed by atoms with Gasteiger partial charge in [0.25, 0.3) is 5.91 Å². The van der Waals surface area contributed by atoms with Crippen LogP contribution in [0.4, 0.5) is 0 Å². The molecular formula is C14H19N3O. The molecule has 1 amide bonds. The summed E-state index contributed by atoms with van der Waals surface area (Å²) >= 11 is 0. The average Bonchev–Trinajstić information content (AvgIpc) is 2.47. The molecule has 0 unspecified atom stereocenters. The number of hydrogen-bond acceptors (Lipinski definition) is 3. The summed E-state index contributed by atoms with van der Waals surface area (Å²) in [5, 5.41) is 6.62. The third-order valence-corrected chi connectivity index (χ3v) is 3.74. The van der Waals surface area contributed by atoms with E-state index in [0.717, 1.165) is 51.3 Å². The van der Waals surface area contributed by atoms with E-state index in [0.29, 0.717) is 0 Å². The number of nitrogens with one attached hydrogen (secondary N) is 2. The molecule has 18 heavy (non-hydrogen) atoms. The maximum atomic E-state index is 12.4. The van der Waals surface area contributed by atoms with Gasteiger partial charge in [0.05, 0.1) is 0 Å². The van der Waals surface area contributed by atoms with Crippen molar-refractivity contribution in [3.05, 3.63) is 34.9 Å². The summed E-state index contributed by atoms with van der Waals surface area (Å²) in [6.45, 7) is 5.36. The number of amides is 1. The molecule has 2 N–H and O–H groups in total. The number of benzene rings is 1. The fourth-order valence-electron chi connectivity index (χ4n) is 2.66. The van der Waals surface area contributed by atoms with E-state index in [4.69, 9.17) is 0 Å². The van der Waals surface area contributed by atoms with Crippen LogP contribution in [0.3, 0.4) is 0 Å². The van der Waals surface area contributed by atoms with Gasteiger partial charge in [-0.3, -0.25) is 4.79 Å². The Morgan fingerprint density at radius 2 is 1.89 bits per heavy atom. The molecule has 2 heterocycles. The molecule has 0 radical (unpaired) electrons. The standard InChI is InChI=1S/C14H19N3O/c18-14(17-7-5-15-6-8-17)12-2-1-11-3-4-16-10-13(11)9-12/h1-2,9,15-16H,3-8,10H2. The van der Waals surface area contributed by atoms with Gasteiger partial charge in [-0.15, -0.1) is 0 Å². The number of carbonyl (C=O) groups is 1. The number of fused-ring (bicyclic) bond motifs is 1. The summed E-state index contributed by atoms with van der Waals surface area (Å²) < 4.78 is 0. The summed E-state index contributed by atoms with van der Waals surface area (Å²) in [6.07, 6.45) is 1.07. The molecule has 1 fully saturated rings. The quantitative estimate of drug-likeness (QED) is 0.752. The molecule has 1 aromatic carbocycles. The first-order valence-corrected chi connectivity index (χ1v) is 6.67. The van der Waals surface area contributed by atoms with E-state index < -0.39 is 0 Å². The molecule has 0 bridgehead atoms. The van der Waals surface area contributed by atoms with Crippen LogP contribution < -0.4 is 10.6 Å². The Bertz CT molecular complexity index is 452. The molecule has 0 atom stereocenters. The second-order valence-electron chi connectivity index (χ2n) is 4.95. The lowest BCUT2D eigenvalue weighted by atomic mass is 9.98. The van der Waals surface area contributed by atoms with E-state index in [1.54, 1.807) is 0 Å². The minimum atomic E-state index is 0.171. The first-order chi connectivity index (χ1) is 8.84. The average molecular weight is 245 g/mol. The van der Waals surface area contributed by atoms with Gasteiger partial charge >= 0.3 is 0 Å². The predicted octanol–water partition coefficient (Wildman–Crippen LogP) is 0.378. The third-order valence-electron chi connectivity index (χ3n) is 3.74. The van der Waals surface area contributed by atoms with Crippen LogP contribution in [0.5, 0.6) is 0 Å². The van der Waals surface area contributed by atoms with Crippen LogP contribution in [0.1, 0.15) is 21.5 Å². The van der Waals surface area contributed by atoms with Gasteiger partial charge in [0.2, 0.25) is 0 Å². The van der Waals surface area contributed by atoms with E-state index in [-0.39, 0.29) is 5.91 Å². The topological polar surface area (TPSA) is 44.4 Å². The first kappa shape index (κ1) is 11.7. The highest BCUT2D eigenvalue weighted by Crippen LogP contribution is 2.17. The minimum Gasteiger partial charge on any atom is -0.336 e. The second-order valence-corrected chi connectivity index (χ2v) is 4.95. The van der Waals surface area contributed by atoms with Crippen LogP contribution in [-0.4, -0.2) is 43.5 Å². The number of carbonyl (C=O) groups excluding carboxylic acids is 1. The van der Waals surface area contributed by atoms with E-state index in [2.05, 4.69) is 22.8 Å². The van der Waals surface area contributed by atoms with Gasteiger partial charge in [-0.05, 0) is 36.2 Å². The van der Waals surface area contributed by atoms with Gasteiger partial charge in [0, 0.05) is 38.3 Å². The van der Waals surface area contributed by atoms with Crippen molar-refractivity contribution in [2.75, 3.05) is 32.7 Å². The lowest BCUT2D eigenvalue weighted by Gasteiger charge is -2.28. The summed E-state index contributed by atoms with van der Waals surface area (Å²) in [5.41, 5.74) is 3.49. The molecule has 2 aliphatic rings. The van der Waals surface area contributed by atoms with Crippen molar-refractivity contribution in [3.63, 3.8) is 0 Å². The van der Waals surface area contributed by atoms with Gasteiger partial charge in [0.15, 0.2) is 0 Å². The Balaban J connectivity index is 1.80. The predicted molar refractivity (Wildman–Crippen MR) is 70.6 cm³/mol. The van der Waals surface area contributed by atoms with Gasteiger partial charge in [-0.25, -0.2) is 0 Å². The Morgan fingerprint density at radius 1 is 1.06 bits per heavy atom. The molecular weight excluding hydrogens is 226 g/mol. The van der Waals surface area contributed by atoms with Crippen LogP contribution in [-0.2, 0) is 13.0 Å². The van der Waals surface area contributed by atoms with Crippen molar-refractivity contribution in [1.82, 2.24) is 15.5 Å². The van der Waals surface area contributed by atoms with Crippen LogP contribution in [0.2, 0.25) is 0 Å². The molecule has 0 spiro atoms.